The van der Waals surface area contributed by atoms with Gasteiger partial charge in [-0.1, -0.05) is 6.07 Å². The molecule has 1 saturated heterocycles. The SMILES string of the molecule is NC[C@H]1CCN(C2CCc3cc(-n4ccc(N)nc4=O)ccc3C2)C1. The van der Waals surface area contributed by atoms with E-state index in [-0.39, 0.29) is 11.5 Å². The van der Waals surface area contributed by atoms with Crippen molar-refractivity contribution in [3.8, 4) is 5.69 Å². The molecule has 1 aliphatic carbocycles. The van der Waals surface area contributed by atoms with Gasteiger partial charge < -0.3 is 11.5 Å². The van der Waals surface area contributed by atoms with Crippen LogP contribution in [0.25, 0.3) is 5.69 Å². The number of aromatic nitrogens is 2. The molecule has 2 atom stereocenters. The van der Waals surface area contributed by atoms with E-state index in [9.17, 15) is 4.79 Å². The molecule has 0 bridgehead atoms. The first-order valence-electron chi connectivity index (χ1n) is 9.05. The maximum absolute atomic E-state index is 12.0. The Balaban J connectivity index is 1.54. The van der Waals surface area contributed by atoms with Gasteiger partial charge in [0.2, 0.25) is 0 Å². The van der Waals surface area contributed by atoms with E-state index in [1.54, 1.807) is 16.8 Å². The van der Waals surface area contributed by atoms with Crippen LogP contribution in [0.1, 0.15) is 24.0 Å². The fourth-order valence-electron chi connectivity index (χ4n) is 4.18. The van der Waals surface area contributed by atoms with Gasteiger partial charge in [0.15, 0.2) is 0 Å². The van der Waals surface area contributed by atoms with Crippen molar-refractivity contribution in [3.05, 3.63) is 52.1 Å². The standard InChI is InChI=1S/C19H25N5O/c20-11-13-5-7-23(12-13)16-3-1-15-10-17(4-2-14(15)9-16)24-8-6-18(21)22-19(24)25/h2,4,6,8,10,13,16H,1,3,5,7,9,11-12,20H2,(H2,21,22,25)/t13-,16?/m1/s1. The number of nitrogen functional groups attached to an aromatic ring is 1. The predicted octanol–water partition coefficient (Wildman–Crippen LogP) is 0.953. The quantitative estimate of drug-likeness (QED) is 0.869. The lowest BCUT2D eigenvalue weighted by molar-refractivity contribution is 0.215. The minimum absolute atomic E-state index is 0.253. The molecule has 6 heteroatoms. The van der Waals surface area contributed by atoms with Crippen molar-refractivity contribution in [1.29, 1.82) is 0 Å². The van der Waals surface area contributed by atoms with E-state index < -0.39 is 0 Å². The molecule has 1 aromatic carbocycles. The summed E-state index contributed by atoms with van der Waals surface area (Å²) in [5.74, 6) is 0.914. The van der Waals surface area contributed by atoms with Crippen molar-refractivity contribution >= 4 is 5.82 Å². The molecule has 2 heterocycles. The van der Waals surface area contributed by atoms with Crippen LogP contribution in [-0.2, 0) is 12.8 Å². The number of anilines is 1. The molecular formula is C19H25N5O. The first-order valence-corrected chi connectivity index (χ1v) is 9.05. The lowest BCUT2D eigenvalue weighted by atomic mass is 9.87. The Morgan fingerprint density at radius 3 is 2.84 bits per heavy atom. The fraction of sp³-hybridized carbons (Fsp3) is 0.474. The Labute approximate surface area is 147 Å². The molecule has 25 heavy (non-hydrogen) atoms. The monoisotopic (exact) mass is 339 g/mol. The highest BCUT2D eigenvalue weighted by Gasteiger charge is 2.30. The van der Waals surface area contributed by atoms with Gasteiger partial charge in [-0.25, -0.2) is 4.79 Å². The molecule has 6 nitrogen and oxygen atoms in total. The second-order valence-electron chi connectivity index (χ2n) is 7.24. The van der Waals surface area contributed by atoms with E-state index in [1.165, 1.54) is 30.5 Å². The fourth-order valence-corrected chi connectivity index (χ4v) is 4.18. The zero-order valence-corrected chi connectivity index (χ0v) is 14.4. The number of hydrogen-bond donors (Lipinski definition) is 2. The average Bonchev–Trinajstić information content (AvgIpc) is 3.10. The van der Waals surface area contributed by atoms with Crippen molar-refractivity contribution in [2.45, 2.75) is 31.7 Å². The van der Waals surface area contributed by atoms with Crippen LogP contribution in [0.2, 0.25) is 0 Å². The molecule has 0 amide bonds. The van der Waals surface area contributed by atoms with Gasteiger partial charge in [-0.2, -0.15) is 4.98 Å². The zero-order valence-electron chi connectivity index (χ0n) is 14.4. The van der Waals surface area contributed by atoms with E-state index in [0.717, 1.165) is 31.6 Å². The normalized spacial score (nSPS) is 23.6. The molecule has 132 valence electrons. The third-order valence-electron chi connectivity index (χ3n) is 5.66. The van der Waals surface area contributed by atoms with Crippen LogP contribution < -0.4 is 17.2 Å². The molecule has 1 aliphatic heterocycles. The number of rotatable bonds is 3. The van der Waals surface area contributed by atoms with Crippen LogP contribution in [0.4, 0.5) is 5.82 Å². The van der Waals surface area contributed by atoms with Crippen LogP contribution in [0.5, 0.6) is 0 Å². The average molecular weight is 339 g/mol. The second-order valence-corrected chi connectivity index (χ2v) is 7.24. The molecule has 0 radical (unpaired) electrons. The van der Waals surface area contributed by atoms with Gasteiger partial charge >= 0.3 is 5.69 Å². The lowest BCUT2D eigenvalue weighted by Crippen LogP contribution is -2.38. The molecular weight excluding hydrogens is 314 g/mol. The number of nitrogens with two attached hydrogens (primary N) is 2. The number of aryl methyl sites for hydroxylation is 1. The first-order chi connectivity index (χ1) is 12.1. The van der Waals surface area contributed by atoms with Gasteiger partial charge in [-0.05, 0) is 74.0 Å². The highest BCUT2D eigenvalue weighted by atomic mass is 16.1. The van der Waals surface area contributed by atoms with E-state index in [0.29, 0.717) is 12.0 Å². The topological polar surface area (TPSA) is 90.2 Å². The molecule has 0 saturated carbocycles. The third kappa shape index (κ3) is 3.19. The van der Waals surface area contributed by atoms with Gasteiger partial charge in [0.05, 0.1) is 5.69 Å². The molecule has 4 rings (SSSR count). The minimum Gasteiger partial charge on any atom is -0.383 e. The first kappa shape index (κ1) is 16.3. The van der Waals surface area contributed by atoms with Gasteiger partial charge in [0.1, 0.15) is 5.82 Å². The molecule has 0 spiro atoms. The van der Waals surface area contributed by atoms with E-state index in [2.05, 4.69) is 22.0 Å². The number of benzene rings is 1. The molecule has 1 unspecified atom stereocenters. The van der Waals surface area contributed by atoms with Crippen LogP contribution >= 0.6 is 0 Å². The lowest BCUT2D eigenvalue weighted by Gasteiger charge is -2.32. The molecule has 2 aliphatic rings. The Hall–Kier alpha value is -2.18. The van der Waals surface area contributed by atoms with Gasteiger partial charge in [0, 0.05) is 18.8 Å². The van der Waals surface area contributed by atoms with E-state index >= 15 is 0 Å². The minimum atomic E-state index is -0.335. The smallest absolute Gasteiger partial charge is 0.354 e. The highest BCUT2D eigenvalue weighted by Crippen LogP contribution is 2.29. The van der Waals surface area contributed by atoms with Crippen LogP contribution in [0.15, 0.2) is 35.3 Å². The summed E-state index contributed by atoms with van der Waals surface area (Å²) >= 11 is 0. The third-order valence-corrected chi connectivity index (χ3v) is 5.66. The summed E-state index contributed by atoms with van der Waals surface area (Å²) in [5, 5.41) is 0. The molecule has 1 aromatic heterocycles. The predicted molar refractivity (Wildman–Crippen MR) is 98.8 cm³/mol. The van der Waals surface area contributed by atoms with Crippen molar-refractivity contribution in [3.63, 3.8) is 0 Å². The number of hydrogen-bond acceptors (Lipinski definition) is 5. The van der Waals surface area contributed by atoms with Gasteiger partial charge in [-0.15, -0.1) is 0 Å². The van der Waals surface area contributed by atoms with Crippen molar-refractivity contribution in [2.24, 2.45) is 11.7 Å². The molecule has 4 N–H and O–H groups in total. The largest absolute Gasteiger partial charge is 0.383 e. The van der Waals surface area contributed by atoms with Crippen molar-refractivity contribution in [2.75, 3.05) is 25.4 Å². The Morgan fingerprint density at radius 2 is 2.08 bits per heavy atom. The summed E-state index contributed by atoms with van der Waals surface area (Å²) in [7, 11) is 0. The molecule has 2 aromatic rings. The maximum atomic E-state index is 12.0. The Bertz CT molecular complexity index is 831. The summed E-state index contributed by atoms with van der Waals surface area (Å²) in [5.41, 5.74) is 14.7. The second kappa shape index (κ2) is 6.61. The van der Waals surface area contributed by atoms with Crippen LogP contribution in [-0.4, -0.2) is 40.1 Å². The summed E-state index contributed by atoms with van der Waals surface area (Å²) in [6.07, 6.45) is 6.22. The van der Waals surface area contributed by atoms with Crippen molar-refractivity contribution < 1.29 is 0 Å². The van der Waals surface area contributed by atoms with E-state index in [1.807, 2.05) is 6.07 Å². The van der Waals surface area contributed by atoms with E-state index in [4.69, 9.17) is 11.5 Å². The summed E-state index contributed by atoms with van der Waals surface area (Å²) < 4.78 is 1.55. The Morgan fingerprint density at radius 1 is 1.20 bits per heavy atom. The van der Waals surface area contributed by atoms with Gasteiger partial charge in [0.25, 0.3) is 0 Å². The summed E-state index contributed by atoms with van der Waals surface area (Å²) in [4.78, 5) is 18.5. The van der Waals surface area contributed by atoms with Gasteiger partial charge in [-0.3, -0.25) is 9.47 Å². The maximum Gasteiger partial charge on any atom is 0.354 e. The zero-order chi connectivity index (χ0) is 17.4. The number of fused-ring (bicyclic) bond motifs is 1. The highest BCUT2D eigenvalue weighted by molar-refractivity contribution is 5.43. The van der Waals surface area contributed by atoms with Crippen molar-refractivity contribution in [1.82, 2.24) is 14.5 Å². The summed E-state index contributed by atoms with van der Waals surface area (Å²) in [6.45, 7) is 3.11. The van der Waals surface area contributed by atoms with Crippen LogP contribution in [0.3, 0.4) is 0 Å². The summed E-state index contributed by atoms with van der Waals surface area (Å²) in [6, 6.07) is 8.56. The Kier molecular flexibility index (Phi) is 4.31. The number of nitrogens with zero attached hydrogens (tertiary/aromatic N) is 3. The number of likely N-dealkylation sites (tertiary alicyclic amines) is 1. The van der Waals surface area contributed by atoms with Crippen LogP contribution in [0, 0.1) is 5.92 Å². The molecule has 1 fully saturated rings.